The molecule has 0 spiro atoms. The summed E-state index contributed by atoms with van der Waals surface area (Å²) >= 11 is 0. The largest absolute Gasteiger partial charge is 0.253 e. The summed E-state index contributed by atoms with van der Waals surface area (Å²) in [7, 11) is 0. The zero-order valence-electron chi connectivity index (χ0n) is 27.8. The Hall–Kier alpha value is -6.52. The van der Waals surface area contributed by atoms with Crippen molar-refractivity contribution in [1.29, 1.82) is 0 Å². The molecule has 8 aromatic rings. The lowest BCUT2D eigenvalue weighted by Crippen LogP contribution is -2.08. The Morgan fingerprint density at radius 2 is 1.12 bits per heavy atom. The van der Waals surface area contributed by atoms with Gasteiger partial charge in [-0.15, -0.1) is 0 Å². The fraction of sp³-hybridized carbons (Fsp3) is 0.0638. The molecule has 0 radical (unpaired) electrons. The van der Waals surface area contributed by atoms with Gasteiger partial charge in [-0.05, 0) is 92.0 Å². The van der Waals surface area contributed by atoms with Crippen LogP contribution in [0.4, 0.5) is 0 Å². The molecule has 240 valence electrons. The molecule has 1 unspecified atom stereocenters. The van der Waals surface area contributed by atoms with Crippen molar-refractivity contribution in [3.05, 3.63) is 182 Å². The molecule has 0 aliphatic heterocycles. The predicted octanol–water partition coefficient (Wildman–Crippen LogP) is 11.3. The van der Waals surface area contributed by atoms with Crippen molar-refractivity contribution in [3.8, 4) is 56.5 Å². The Bertz CT molecular complexity index is 2600. The van der Waals surface area contributed by atoms with Gasteiger partial charge in [-0.2, -0.15) is 0 Å². The van der Waals surface area contributed by atoms with Gasteiger partial charge in [0.05, 0.1) is 0 Å². The number of aromatic nitrogens is 4. The first-order chi connectivity index (χ1) is 25.2. The monoisotopic (exact) mass is 652 g/mol. The van der Waals surface area contributed by atoms with Crippen molar-refractivity contribution in [2.45, 2.75) is 11.8 Å². The number of benzene rings is 6. The molecule has 2 atom stereocenters. The van der Waals surface area contributed by atoms with E-state index >= 15 is 0 Å². The number of allylic oxidation sites excluding steroid dienone is 4. The summed E-state index contributed by atoms with van der Waals surface area (Å²) in [6, 6.07) is 51.1. The highest BCUT2D eigenvalue weighted by Crippen LogP contribution is 2.57. The highest BCUT2D eigenvalue weighted by molar-refractivity contribution is 6.13. The van der Waals surface area contributed by atoms with E-state index in [-0.39, 0.29) is 5.41 Å². The van der Waals surface area contributed by atoms with Crippen LogP contribution < -0.4 is 0 Å². The van der Waals surface area contributed by atoms with E-state index in [2.05, 4.69) is 158 Å². The zero-order chi connectivity index (χ0) is 33.8. The second kappa shape index (κ2) is 11.8. The second-order valence-electron chi connectivity index (χ2n) is 13.6. The minimum absolute atomic E-state index is 0.0609. The van der Waals surface area contributed by atoms with Crippen molar-refractivity contribution in [2.24, 2.45) is 5.92 Å². The zero-order valence-corrected chi connectivity index (χ0v) is 27.8. The summed E-state index contributed by atoms with van der Waals surface area (Å²) < 4.78 is 0. The van der Waals surface area contributed by atoms with E-state index in [4.69, 9.17) is 19.9 Å². The van der Waals surface area contributed by atoms with Gasteiger partial charge in [0.1, 0.15) is 5.69 Å². The maximum Gasteiger partial charge on any atom is 0.182 e. The fourth-order valence-corrected chi connectivity index (χ4v) is 7.72. The van der Waals surface area contributed by atoms with Gasteiger partial charge < -0.3 is 0 Å². The van der Waals surface area contributed by atoms with E-state index in [0.29, 0.717) is 23.4 Å². The summed E-state index contributed by atoms with van der Waals surface area (Å²) in [5.74, 6) is 2.32. The van der Waals surface area contributed by atoms with Crippen molar-refractivity contribution in [2.75, 3.05) is 0 Å². The molecular weight excluding hydrogens is 621 g/mol. The quantitative estimate of drug-likeness (QED) is 0.168. The number of hydrogen-bond acceptors (Lipinski definition) is 4. The van der Waals surface area contributed by atoms with Gasteiger partial charge in [0, 0.05) is 22.7 Å². The molecule has 4 heteroatoms. The van der Waals surface area contributed by atoms with Crippen LogP contribution in [0, 0.1) is 5.92 Å². The maximum atomic E-state index is 5.27. The third-order valence-electron chi connectivity index (χ3n) is 10.5. The molecule has 2 aromatic heterocycles. The molecular formula is C47H32N4. The minimum Gasteiger partial charge on any atom is -0.253 e. The van der Waals surface area contributed by atoms with Crippen molar-refractivity contribution >= 4 is 21.5 Å². The number of hydrogen-bond donors (Lipinski definition) is 0. The van der Waals surface area contributed by atoms with Crippen LogP contribution in [-0.2, 0) is 5.41 Å². The average molecular weight is 653 g/mol. The number of fused-ring (bicyclic) bond motifs is 4. The SMILES string of the molecule is C1=C[C@H]2CC2(c2ccc(-c3nc(-c4cc(-c5ccccc5)cc(-c5ccccc5)c4)nc(-c4cc5ccccc5c5ccccc45)n3)nc2)C=C1. The molecule has 0 amide bonds. The minimum atomic E-state index is 0.0609. The molecule has 1 fully saturated rings. The highest BCUT2D eigenvalue weighted by atomic mass is 15.0. The lowest BCUT2D eigenvalue weighted by Gasteiger charge is -2.15. The van der Waals surface area contributed by atoms with Gasteiger partial charge in [0.2, 0.25) is 0 Å². The third kappa shape index (κ3) is 5.15. The van der Waals surface area contributed by atoms with E-state index in [1.54, 1.807) is 0 Å². The fourth-order valence-electron chi connectivity index (χ4n) is 7.72. The molecule has 4 nitrogen and oxygen atoms in total. The van der Waals surface area contributed by atoms with Crippen LogP contribution in [0.5, 0.6) is 0 Å². The molecule has 2 heterocycles. The van der Waals surface area contributed by atoms with Crippen LogP contribution in [0.2, 0.25) is 0 Å². The maximum absolute atomic E-state index is 5.27. The van der Waals surface area contributed by atoms with E-state index in [9.17, 15) is 0 Å². The summed E-state index contributed by atoms with van der Waals surface area (Å²) in [5.41, 5.74) is 8.36. The van der Waals surface area contributed by atoms with Crippen molar-refractivity contribution < 1.29 is 0 Å². The second-order valence-corrected chi connectivity index (χ2v) is 13.6. The van der Waals surface area contributed by atoms with Gasteiger partial charge in [-0.3, -0.25) is 4.98 Å². The number of pyridine rings is 1. The van der Waals surface area contributed by atoms with Gasteiger partial charge in [-0.25, -0.2) is 15.0 Å². The molecule has 10 rings (SSSR count). The molecule has 51 heavy (non-hydrogen) atoms. The van der Waals surface area contributed by atoms with E-state index in [1.807, 2.05) is 18.3 Å². The van der Waals surface area contributed by atoms with Crippen LogP contribution >= 0.6 is 0 Å². The lowest BCUT2D eigenvalue weighted by atomic mass is 9.91. The Morgan fingerprint density at radius 3 is 1.82 bits per heavy atom. The summed E-state index contributed by atoms with van der Waals surface area (Å²) in [5, 5.41) is 4.61. The van der Waals surface area contributed by atoms with E-state index in [1.165, 1.54) is 16.3 Å². The average Bonchev–Trinajstić information content (AvgIpc) is 3.97. The normalized spacial score (nSPS) is 17.5. The Kier molecular flexibility index (Phi) is 6.81. The van der Waals surface area contributed by atoms with Crippen LogP contribution in [-0.4, -0.2) is 19.9 Å². The van der Waals surface area contributed by atoms with Gasteiger partial charge >= 0.3 is 0 Å². The standard InChI is InChI=1S/C47H32N4/c1-3-13-31(14-4-1)34-25-35(32-15-5-2-6-16-32)27-36(26-34)44-49-45(42-28-33-17-7-8-19-39(33)40-20-9-10-21-41(40)42)51-46(50-44)43-23-22-38(30-48-43)47-24-12-11-18-37(47)29-47/h1-28,30,37H,29H2/t37-,47?/m0/s1. The van der Waals surface area contributed by atoms with Crippen molar-refractivity contribution in [1.82, 2.24) is 19.9 Å². The first kappa shape index (κ1) is 29.4. The predicted molar refractivity (Wildman–Crippen MR) is 208 cm³/mol. The Balaban J connectivity index is 1.19. The van der Waals surface area contributed by atoms with Gasteiger partial charge in [0.25, 0.3) is 0 Å². The van der Waals surface area contributed by atoms with Crippen molar-refractivity contribution in [3.63, 3.8) is 0 Å². The van der Waals surface area contributed by atoms with Gasteiger partial charge in [0.15, 0.2) is 17.5 Å². The smallest absolute Gasteiger partial charge is 0.182 e. The Labute approximate surface area is 296 Å². The third-order valence-corrected chi connectivity index (χ3v) is 10.5. The topological polar surface area (TPSA) is 51.6 Å². The Morgan fingerprint density at radius 1 is 0.490 bits per heavy atom. The van der Waals surface area contributed by atoms with E-state index < -0.39 is 0 Å². The van der Waals surface area contributed by atoms with Crippen LogP contribution in [0.1, 0.15) is 12.0 Å². The lowest BCUT2D eigenvalue weighted by molar-refractivity contribution is 0.810. The number of rotatable bonds is 6. The highest BCUT2D eigenvalue weighted by Gasteiger charge is 2.52. The van der Waals surface area contributed by atoms with Gasteiger partial charge in [-0.1, -0.05) is 140 Å². The molecule has 0 N–H and O–H groups in total. The van der Waals surface area contributed by atoms with E-state index in [0.717, 1.165) is 56.3 Å². The molecule has 2 aliphatic carbocycles. The summed E-state index contributed by atoms with van der Waals surface area (Å²) in [6.45, 7) is 0. The first-order valence-corrected chi connectivity index (χ1v) is 17.5. The molecule has 0 saturated heterocycles. The molecule has 2 aliphatic rings. The molecule has 0 bridgehead atoms. The summed E-state index contributed by atoms with van der Waals surface area (Å²) in [6.07, 6.45) is 12.1. The first-order valence-electron chi connectivity index (χ1n) is 17.5. The van der Waals surface area contributed by atoms with Crippen LogP contribution in [0.3, 0.4) is 0 Å². The molecule has 6 aromatic carbocycles. The summed E-state index contributed by atoms with van der Waals surface area (Å²) in [4.78, 5) is 20.6. The van der Waals surface area contributed by atoms with Crippen LogP contribution in [0.15, 0.2) is 176 Å². The van der Waals surface area contributed by atoms with Crippen LogP contribution in [0.25, 0.3) is 78.1 Å². The molecule has 1 saturated carbocycles. The number of nitrogens with zero attached hydrogens (tertiary/aromatic N) is 4.